The molecule has 1 aliphatic heterocycles. The van der Waals surface area contributed by atoms with E-state index in [1.54, 1.807) is 0 Å². The van der Waals surface area contributed by atoms with Crippen molar-refractivity contribution >= 4 is 22.7 Å². The van der Waals surface area contributed by atoms with Gasteiger partial charge in [-0.3, -0.25) is 4.98 Å². The van der Waals surface area contributed by atoms with Crippen LogP contribution in [0.5, 0.6) is 0 Å². The zero-order chi connectivity index (χ0) is 12.9. The first-order chi connectivity index (χ1) is 9.43. The third-order valence-corrected chi connectivity index (χ3v) is 4.85. The first-order valence-corrected chi connectivity index (χ1v) is 8.20. The molecule has 100 valence electrons. The van der Waals surface area contributed by atoms with Crippen molar-refractivity contribution < 1.29 is 0 Å². The smallest absolute Gasteiger partial charge is 0.0746 e. The van der Waals surface area contributed by atoms with Crippen LogP contribution in [0.4, 0.5) is 0 Å². The summed E-state index contributed by atoms with van der Waals surface area (Å²) in [7, 11) is 0. The van der Waals surface area contributed by atoms with Gasteiger partial charge >= 0.3 is 0 Å². The number of aromatic nitrogens is 1. The Bertz CT molecular complexity index is 530. The maximum Gasteiger partial charge on any atom is 0.0746 e. The summed E-state index contributed by atoms with van der Waals surface area (Å²) in [5.74, 6) is 3.54. The Morgan fingerprint density at radius 2 is 2.00 bits per heavy atom. The molecule has 0 spiro atoms. The second-order valence-electron chi connectivity index (χ2n) is 5.18. The van der Waals surface area contributed by atoms with E-state index in [1.807, 2.05) is 12.3 Å². The van der Waals surface area contributed by atoms with E-state index in [0.29, 0.717) is 0 Å². The van der Waals surface area contributed by atoms with Crippen LogP contribution in [-0.4, -0.2) is 23.0 Å². The number of hydrogen-bond donors (Lipinski definition) is 1. The average molecular weight is 272 g/mol. The molecule has 1 aliphatic rings. The average Bonchev–Trinajstić information content (AvgIpc) is 2.49. The molecule has 2 heterocycles. The molecule has 3 heteroatoms. The van der Waals surface area contributed by atoms with E-state index in [-0.39, 0.29) is 0 Å². The zero-order valence-electron chi connectivity index (χ0n) is 11.1. The number of fused-ring (bicyclic) bond motifs is 1. The van der Waals surface area contributed by atoms with E-state index >= 15 is 0 Å². The highest BCUT2D eigenvalue weighted by Gasteiger charge is 2.13. The molecule has 2 nitrogen and oxygen atoms in total. The van der Waals surface area contributed by atoms with Gasteiger partial charge in [0.15, 0.2) is 0 Å². The van der Waals surface area contributed by atoms with Crippen molar-refractivity contribution in [2.75, 3.05) is 18.1 Å². The summed E-state index contributed by atoms with van der Waals surface area (Å²) >= 11 is 2.09. The lowest BCUT2D eigenvalue weighted by molar-refractivity contribution is 0.448. The summed E-state index contributed by atoms with van der Waals surface area (Å²) in [4.78, 5) is 4.50. The van der Waals surface area contributed by atoms with Gasteiger partial charge in [-0.1, -0.05) is 24.3 Å². The van der Waals surface area contributed by atoms with Gasteiger partial charge in [-0.15, -0.1) is 0 Å². The molecule has 0 saturated carbocycles. The molecule has 0 amide bonds. The molecule has 1 fully saturated rings. The standard InChI is InChI=1S/C16H20N2S/c1-3-14-5-2-8-18-16(14)15(4-1)12-17-11-13-6-9-19-10-7-13/h1-5,8,13,17H,6-7,9-12H2. The van der Waals surface area contributed by atoms with Gasteiger partial charge in [0.2, 0.25) is 0 Å². The monoisotopic (exact) mass is 272 g/mol. The van der Waals surface area contributed by atoms with Crippen LogP contribution in [0.2, 0.25) is 0 Å². The summed E-state index contributed by atoms with van der Waals surface area (Å²) in [6.07, 6.45) is 4.61. The van der Waals surface area contributed by atoms with Gasteiger partial charge in [-0.25, -0.2) is 0 Å². The highest BCUT2D eigenvalue weighted by molar-refractivity contribution is 7.99. The van der Waals surface area contributed by atoms with Gasteiger partial charge in [-0.05, 0) is 48.4 Å². The SMILES string of the molecule is c1cnc2c(CNCC3CCSCC3)cccc2c1. The Hall–Kier alpha value is -1.06. The molecular weight excluding hydrogens is 252 g/mol. The number of rotatable bonds is 4. The van der Waals surface area contributed by atoms with E-state index in [0.717, 1.165) is 24.5 Å². The molecule has 0 atom stereocenters. The molecular formula is C16H20N2S. The number of benzene rings is 1. The zero-order valence-corrected chi connectivity index (χ0v) is 12.0. The highest BCUT2D eigenvalue weighted by atomic mass is 32.2. The van der Waals surface area contributed by atoms with Crippen molar-refractivity contribution in [1.82, 2.24) is 10.3 Å². The third-order valence-electron chi connectivity index (χ3n) is 3.81. The molecule has 0 aliphatic carbocycles. The van der Waals surface area contributed by atoms with Crippen LogP contribution in [0, 0.1) is 5.92 Å². The van der Waals surface area contributed by atoms with Crippen molar-refractivity contribution in [3.05, 3.63) is 42.1 Å². The van der Waals surface area contributed by atoms with Crippen LogP contribution >= 0.6 is 11.8 Å². The quantitative estimate of drug-likeness (QED) is 0.922. The molecule has 0 unspecified atom stereocenters. The van der Waals surface area contributed by atoms with Crippen molar-refractivity contribution in [2.24, 2.45) is 5.92 Å². The van der Waals surface area contributed by atoms with Crippen molar-refractivity contribution in [1.29, 1.82) is 0 Å². The van der Waals surface area contributed by atoms with E-state index < -0.39 is 0 Å². The molecule has 1 aromatic heterocycles. The normalized spacial score (nSPS) is 16.8. The summed E-state index contributed by atoms with van der Waals surface area (Å²) in [5.41, 5.74) is 2.44. The number of para-hydroxylation sites is 1. The predicted molar refractivity (Wildman–Crippen MR) is 83.5 cm³/mol. The number of pyridine rings is 1. The van der Waals surface area contributed by atoms with Crippen molar-refractivity contribution in [3.8, 4) is 0 Å². The maximum absolute atomic E-state index is 4.50. The molecule has 0 radical (unpaired) electrons. The Labute approximate surface area is 119 Å². The van der Waals surface area contributed by atoms with Crippen molar-refractivity contribution in [2.45, 2.75) is 19.4 Å². The van der Waals surface area contributed by atoms with Gasteiger partial charge in [0.1, 0.15) is 0 Å². The minimum atomic E-state index is 0.865. The topological polar surface area (TPSA) is 24.9 Å². The van der Waals surface area contributed by atoms with Gasteiger partial charge in [0.05, 0.1) is 5.52 Å². The van der Waals surface area contributed by atoms with E-state index in [4.69, 9.17) is 0 Å². The van der Waals surface area contributed by atoms with E-state index in [9.17, 15) is 0 Å². The first-order valence-electron chi connectivity index (χ1n) is 7.04. The van der Waals surface area contributed by atoms with Crippen LogP contribution in [0.3, 0.4) is 0 Å². The number of thioether (sulfide) groups is 1. The summed E-state index contributed by atoms with van der Waals surface area (Å²) in [6.45, 7) is 2.07. The Balaban J connectivity index is 1.62. The van der Waals surface area contributed by atoms with E-state index in [1.165, 1.54) is 35.3 Å². The second-order valence-corrected chi connectivity index (χ2v) is 6.40. The summed E-state index contributed by atoms with van der Waals surface area (Å²) in [5, 5.41) is 4.85. The lowest BCUT2D eigenvalue weighted by Gasteiger charge is -2.21. The Kier molecular flexibility index (Phi) is 4.36. The predicted octanol–water partition coefficient (Wildman–Crippen LogP) is 3.47. The van der Waals surface area contributed by atoms with E-state index in [2.05, 4.69) is 46.3 Å². The lowest BCUT2D eigenvalue weighted by Crippen LogP contribution is -2.25. The van der Waals surface area contributed by atoms with Crippen LogP contribution in [0.15, 0.2) is 36.5 Å². The van der Waals surface area contributed by atoms with Crippen molar-refractivity contribution in [3.63, 3.8) is 0 Å². The summed E-state index contributed by atoms with van der Waals surface area (Å²) < 4.78 is 0. The maximum atomic E-state index is 4.50. The Morgan fingerprint density at radius 1 is 1.16 bits per heavy atom. The summed E-state index contributed by atoms with van der Waals surface area (Å²) in [6, 6.07) is 10.6. The molecule has 0 bridgehead atoms. The Morgan fingerprint density at radius 3 is 2.89 bits per heavy atom. The van der Waals surface area contributed by atoms with Crippen LogP contribution in [-0.2, 0) is 6.54 Å². The van der Waals surface area contributed by atoms with Gasteiger partial charge in [-0.2, -0.15) is 11.8 Å². The second kappa shape index (κ2) is 6.40. The highest BCUT2D eigenvalue weighted by Crippen LogP contribution is 2.22. The van der Waals surface area contributed by atoms with Gasteiger partial charge in [0, 0.05) is 18.1 Å². The minimum Gasteiger partial charge on any atom is -0.312 e. The fourth-order valence-corrected chi connectivity index (χ4v) is 3.88. The molecule has 3 rings (SSSR count). The van der Waals surface area contributed by atoms with Gasteiger partial charge < -0.3 is 5.32 Å². The fraction of sp³-hybridized carbons (Fsp3) is 0.438. The third kappa shape index (κ3) is 3.28. The van der Waals surface area contributed by atoms with Gasteiger partial charge in [0.25, 0.3) is 0 Å². The molecule has 1 N–H and O–H groups in total. The van der Waals surface area contributed by atoms with Crippen LogP contribution < -0.4 is 5.32 Å². The lowest BCUT2D eigenvalue weighted by atomic mass is 10.0. The molecule has 1 saturated heterocycles. The number of nitrogens with one attached hydrogen (secondary N) is 1. The minimum absolute atomic E-state index is 0.865. The molecule has 1 aromatic carbocycles. The molecule has 2 aromatic rings. The molecule has 19 heavy (non-hydrogen) atoms. The fourth-order valence-electron chi connectivity index (χ4n) is 2.67. The van der Waals surface area contributed by atoms with Crippen LogP contribution in [0.1, 0.15) is 18.4 Å². The first kappa shape index (κ1) is 12.9. The van der Waals surface area contributed by atoms with Crippen LogP contribution in [0.25, 0.3) is 10.9 Å². The number of nitrogens with zero attached hydrogens (tertiary/aromatic N) is 1. The largest absolute Gasteiger partial charge is 0.312 e. The number of hydrogen-bond acceptors (Lipinski definition) is 3.